The minimum Gasteiger partial charge on any atom is -0.481 e. The second kappa shape index (κ2) is 6.33. The molecule has 0 amide bonds. The molecule has 0 saturated heterocycles. The number of ether oxygens (including phenoxy) is 1. The van der Waals surface area contributed by atoms with Gasteiger partial charge in [-0.1, -0.05) is 24.0 Å². The van der Waals surface area contributed by atoms with Crippen LogP contribution >= 0.6 is 0 Å². The summed E-state index contributed by atoms with van der Waals surface area (Å²) in [6.45, 7) is 0. The minimum absolute atomic E-state index is 0.185. The number of benzene rings is 1. The molecule has 0 heterocycles. The SMILES string of the molecule is COC(=O)Cc1cccc(C#CCC(=O)O)c1. The summed E-state index contributed by atoms with van der Waals surface area (Å²) in [6, 6.07) is 7.06. The van der Waals surface area contributed by atoms with Crippen molar-refractivity contribution >= 4 is 11.9 Å². The molecule has 1 aromatic rings. The zero-order valence-corrected chi connectivity index (χ0v) is 9.40. The van der Waals surface area contributed by atoms with E-state index in [1.54, 1.807) is 24.3 Å². The fourth-order valence-corrected chi connectivity index (χ4v) is 1.22. The molecule has 1 aromatic carbocycles. The Hall–Kier alpha value is -2.28. The Labute approximate surface area is 99.2 Å². The molecule has 1 rings (SSSR count). The summed E-state index contributed by atoms with van der Waals surface area (Å²) < 4.78 is 4.55. The smallest absolute Gasteiger partial charge is 0.315 e. The van der Waals surface area contributed by atoms with Crippen molar-refractivity contribution in [3.05, 3.63) is 35.4 Å². The Kier molecular flexibility index (Phi) is 4.77. The zero-order chi connectivity index (χ0) is 12.7. The fraction of sp³-hybridized carbons (Fsp3) is 0.231. The highest BCUT2D eigenvalue weighted by atomic mass is 16.5. The lowest BCUT2D eigenvalue weighted by Crippen LogP contribution is -2.04. The molecule has 0 radical (unpaired) electrons. The van der Waals surface area contributed by atoms with Gasteiger partial charge in [0.05, 0.1) is 13.5 Å². The van der Waals surface area contributed by atoms with Crippen molar-refractivity contribution in [2.24, 2.45) is 0 Å². The first-order chi connectivity index (χ1) is 8.11. The number of hydrogen-bond donors (Lipinski definition) is 1. The van der Waals surface area contributed by atoms with Crippen molar-refractivity contribution in [1.82, 2.24) is 0 Å². The third kappa shape index (κ3) is 4.85. The lowest BCUT2D eigenvalue weighted by atomic mass is 10.1. The monoisotopic (exact) mass is 232 g/mol. The van der Waals surface area contributed by atoms with Crippen LogP contribution in [0.1, 0.15) is 17.5 Å². The zero-order valence-electron chi connectivity index (χ0n) is 9.40. The largest absolute Gasteiger partial charge is 0.481 e. The predicted molar refractivity (Wildman–Crippen MR) is 61.3 cm³/mol. The van der Waals surface area contributed by atoms with E-state index < -0.39 is 5.97 Å². The normalized spacial score (nSPS) is 9.00. The van der Waals surface area contributed by atoms with E-state index in [4.69, 9.17) is 5.11 Å². The van der Waals surface area contributed by atoms with E-state index in [0.29, 0.717) is 5.56 Å². The van der Waals surface area contributed by atoms with Crippen LogP contribution in [0.2, 0.25) is 0 Å². The van der Waals surface area contributed by atoms with Crippen LogP contribution in [0.25, 0.3) is 0 Å². The lowest BCUT2D eigenvalue weighted by molar-refractivity contribution is -0.140. The second-order valence-electron chi connectivity index (χ2n) is 3.33. The summed E-state index contributed by atoms with van der Waals surface area (Å²) in [7, 11) is 1.33. The van der Waals surface area contributed by atoms with Gasteiger partial charge in [-0.05, 0) is 17.7 Å². The maximum atomic E-state index is 11.1. The highest BCUT2D eigenvalue weighted by Gasteiger charge is 2.02. The number of carbonyl (C=O) groups is 2. The topological polar surface area (TPSA) is 63.6 Å². The van der Waals surface area contributed by atoms with Crippen molar-refractivity contribution < 1.29 is 19.4 Å². The first-order valence-electron chi connectivity index (χ1n) is 4.98. The number of esters is 1. The minimum atomic E-state index is -0.955. The van der Waals surface area contributed by atoms with E-state index in [9.17, 15) is 9.59 Å². The molecule has 0 unspecified atom stereocenters. The van der Waals surface area contributed by atoms with Crippen LogP contribution in [0.3, 0.4) is 0 Å². The predicted octanol–water partition coefficient (Wildman–Crippen LogP) is 1.23. The van der Waals surface area contributed by atoms with Crippen LogP contribution < -0.4 is 0 Å². The van der Waals surface area contributed by atoms with Crippen molar-refractivity contribution in [2.75, 3.05) is 7.11 Å². The van der Waals surface area contributed by atoms with Gasteiger partial charge in [-0.3, -0.25) is 9.59 Å². The van der Waals surface area contributed by atoms with Gasteiger partial charge in [-0.15, -0.1) is 0 Å². The molecular formula is C13H12O4. The molecule has 0 aliphatic rings. The highest BCUT2D eigenvalue weighted by molar-refractivity contribution is 5.72. The average Bonchev–Trinajstić information content (AvgIpc) is 2.29. The Balaban J connectivity index is 2.74. The third-order valence-electron chi connectivity index (χ3n) is 1.98. The van der Waals surface area contributed by atoms with E-state index >= 15 is 0 Å². The summed E-state index contributed by atoms with van der Waals surface area (Å²) in [4.78, 5) is 21.3. The summed E-state index contributed by atoms with van der Waals surface area (Å²) in [5.41, 5.74) is 1.48. The van der Waals surface area contributed by atoms with E-state index in [1.165, 1.54) is 7.11 Å². The summed E-state index contributed by atoms with van der Waals surface area (Å²) >= 11 is 0. The molecule has 0 aromatic heterocycles. The van der Waals surface area contributed by atoms with Crippen LogP contribution in [0.5, 0.6) is 0 Å². The van der Waals surface area contributed by atoms with Crippen molar-refractivity contribution in [3.8, 4) is 11.8 Å². The number of methoxy groups -OCH3 is 1. The van der Waals surface area contributed by atoms with Gasteiger partial charge in [0.25, 0.3) is 0 Å². The number of carboxylic acids is 1. The molecule has 4 nitrogen and oxygen atoms in total. The van der Waals surface area contributed by atoms with Crippen LogP contribution in [-0.2, 0) is 20.7 Å². The average molecular weight is 232 g/mol. The summed E-state index contributed by atoms with van der Waals surface area (Å²) in [5, 5.41) is 8.43. The van der Waals surface area contributed by atoms with Crippen LogP contribution in [0.15, 0.2) is 24.3 Å². The number of carbonyl (C=O) groups excluding carboxylic acids is 1. The van der Waals surface area contributed by atoms with Gasteiger partial charge in [0.1, 0.15) is 6.42 Å². The quantitative estimate of drug-likeness (QED) is 0.628. The molecule has 0 spiro atoms. The van der Waals surface area contributed by atoms with E-state index in [0.717, 1.165) is 5.56 Å². The van der Waals surface area contributed by atoms with Crippen LogP contribution in [-0.4, -0.2) is 24.2 Å². The Morgan fingerprint density at radius 2 is 2.18 bits per heavy atom. The van der Waals surface area contributed by atoms with E-state index in [2.05, 4.69) is 16.6 Å². The molecule has 4 heteroatoms. The van der Waals surface area contributed by atoms with E-state index in [-0.39, 0.29) is 18.8 Å². The van der Waals surface area contributed by atoms with Gasteiger partial charge in [-0.2, -0.15) is 0 Å². The number of aliphatic carboxylic acids is 1. The van der Waals surface area contributed by atoms with Gasteiger partial charge >= 0.3 is 11.9 Å². The summed E-state index contributed by atoms with van der Waals surface area (Å²) in [5.74, 6) is 3.98. The van der Waals surface area contributed by atoms with Crippen molar-refractivity contribution in [3.63, 3.8) is 0 Å². The maximum absolute atomic E-state index is 11.1. The first-order valence-corrected chi connectivity index (χ1v) is 4.98. The van der Waals surface area contributed by atoms with Crippen LogP contribution in [0.4, 0.5) is 0 Å². The Morgan fingerprint density at radius 1 is 1.41 bits per heavy atom. The van der Waals surface area contributed by atoms with E-state index in [1.807, 2.05) is 0 Å². The third-order valence-corrected chi connectivity index (χ3v) is 1.98. The van der Waals surface area contributed by atoms with Gasteiger partial charge in [0, 0.05) is 5.56 Å². The molecular weight excluding hydrogens is 220 g/mol. The Morgan fingerprint density at radius 3 is 2.82 bits per heavy atom. The van der Waals surface area contributed by atoms with Gasteiger partial charge < -0.3 is 9.84 Å². The molecule has 17 heavy (non-hydrogen) atoms. The maximum Gasteiger partial charge on any atom is 0.315 e. The molecule has 0 aliphatic carbocycles. The molecule has 0 bridgehead atoms. The fourth-order valence-electron chi connectivity index (χ4n) is 1.22. The molecule has 88 valence electrons. The van der Waals surface area contributed by atoms with Gasteiger partial charge in [0.15, 0.2) is 0 Å². The molecule has 0 atom stereocenters. The number of rotatable bonds is 3. The molecule has 0 fully saturated rings. The lowest BCUT2D eigenvalue weighted by Gasteiger charge is -2.00. The van der Waals surface area contributed by atoms with Crippen LogP contribution in [0, 0.1) is 11.8 Å². The second-order valence-corrected chi connectivity index (χ2v) is 3.33. The standard InChI is InChI=1S/C13H12O4/c1-17-13(16)9-11-6-2-4-10(8-11)5-3-7-12(14)15/h2,4,6,8H,7,9H2,1H3,(H,14,15). The molecule has 1 N–H and O–H groups in total. The summed E-state index contributed by atoms with van der Waals surface area (Å²) in [6.07, 6.45) is -0.00776. The number of carboxylic acid groups (broad SMARTS) is 1. The molecule has 0 saturated carbocycles. The Bertz CT molecular complexity index is 480. The van der Waals surface area contributed by atoms with Crippen molar-refractivity contribution in [2.45, 2.75) is 12.8 Å². The highest BCUT2D eigenvalue weighted by Crippen LogP contribution is 2.05. The molecule has 0 aliphatic heterocycles. The van der Waals surface area contributed by atoms with Gasteiger partial charge in [0.2, 0.25) is 0 Å². The first kappa shape index (κ1) is 12.8. The number of hydrogen-bond acceptors (Lipinski definition) is 3. The van der Waals surface area contributed by atoms with Crippen molar-refractivity contribution in [1.29, 1.82) is 0 Å². The van der Waals surface area contributed by atoms with Gasteiger partial charge in [-0.25, -0.2) is 0 Å².